The van der Waals surface area contributed by atoms with Crippen LogP contribution in [0.2, 0.25) is 0 Å². The van der Waals surface area contributed by atoms with Gasteiger partial charge in [-0.3, -0.25) is 0 Å². The molecule has 306 valence electrons. The van der Waals surface area contributed by atoms with Crippen molar-refractivity contribution in [3.8, 4) is 33.9 Å². The van der Waals surface area contributed by atoms with Crippen LogP contribution in [0, 0.1) is 6.57 Å². The first-order valence-electron chi connectivity index (χ1n) is 22.4. The van der Waals surface area contributed by atoms with Crippen LogP contribution in [-0.2, 0) is 0 Å². The van der Waals surface area contributed by atoms with Crippen LogP contribution < -0.4 is 0 Å². The van der Waals surface area contributed by atoms with Crippen LogP contribution in [0.4, 0.5) is 5.69 Å². The summed E-state index contributed by atoms with van der Waals surface area (Å²) in [7, 11) is 0. The molecule has 0 saturated heterocycles. The average molecular weight is 840 g/mol. The van der Waals surface area contributed by atoms with Crippen molar-refractivity contribution in [2.24, 2.45) is 0 Å². The molecule has 0 radical (unpaired) electrons. The molecule has 0 fully saturated rings. The molecular weight excluding hydrogens is 803 g/mol. The van der Waals surface area contributed by atoms with Crippen molar-refractivity contribution in [1.29, 1.82) is 0 Å². The standard InChI is InChI=1S/C61H37N5/c1-62-40-36-34-39(35-37-40)59-60(65-53-30-14-6-22-45(53)46-23-7-15-31-54(46)65)57(63-49-26-10-2-18-41(49)42-19-3-11-27-50(42)63)38-58(64-51-28-12-4-20-43(51)44-21-5-13-29-52(44)64)61(59)66-55-32-16-8-24-47(55)48-25-9-17-33-56(48)66/h2-38H. The molecule has 14 rings (SSSR count). The molecule has 0 aliphatic carbocycles. The van der Waals surface area contributed by atoms with E-state index >= 15 is 0 Å². The van der Waals surface area contributed by atoms with E-state index in [1.165, 1.54) is 43.1 Å². The van der Waals surface area contributed by atoms with E-state index in [2.05, 4.69) is 235 Å². The molecule has 4 heterocycles. The van der Waals surface area contributed by atoms with Crippen molar-refractivity contribution in [2.75, 3.05) is 0 Å². The quantitative estimate of drug-likeness (QED) is 0.154. The Morgan fingerprint density at radius 1 is 0.273 bits per heavy atom. The van der Waals surface area contributed by atoms with Gasteiger partial charge in [-0.1, -0.05) is 170 Å². The number of nitrogens with zero attached hydrogens (tertiary/aromatic N) is 5. The molecule has 0 spiro atoms. The maximum atomic E-state index is 8.07. The fraction of sp³-hybridized carbons (Fsp3) is 0. The number of benzene rings is 10. The van der Waals surface area contributed by atoms with Gasteiger partial charge in [0.1, 0.15) is 0 Å². The van der Waals surface area contributed by atoms with E-state index < -0.39 is 0 Å². The number of aromatic nitrogens is 4. The second-order valence-electron chi connectivity index (χ2n) is 17.1. The molecule has 5 heteroatoms. The number of para-hydroxylation sites is 8. The van der Waals surface area contributed by atoms with E-state index in [9.17, 15) is 0 Å². The van der Waals surface area contributed by atoms with E-state index in [-0.39, 0.29) is 0 Å². The molecule has 5 nitrogen and oxygen atoms in total. The highest BCUT2D eigenvalue weighted by molar-refractivity contribution is 6.16. The maximum Gasteiger partial charge on any atom is 0.187 e. The lowest BCUT2D eigenvalue weighted by Crippen LogP contribution is -2.13. The highest BCUT2D eigenvalue weighted by Crippen LogP contribution is 2.50. The Morgan fingerprint density at radius 3 is 0.773 bits per heavy atom. The lowest BCUT2D eigenvalue weighted by atomic mass is 9.96. The van der Waals surface area contributed by atoms with E-state index in [0.717, 1.165) is 78.0 Å². The molecule has 0 saturated carbocycles. The van der Waals surface area contributed by atoms with Crippen LogP contribution in [0.5, 0.6) is 0 Å². The smallest absolute Gasteiger partial charge is 0.187 e. The van der Waals surface area contributed by atoms with Crippen molar-refractivity contribution in [3.05, 3.63) is 236 Å². The Kier molecular flexibility index (Phi) is 7.69. The molecule has 0 atom stereocenters. The largest absolute Gasteiger partial charge is 0.307 e. The third-order valence-corrected chi connectivity index (χ3v) is 13.8. The van der Waals surface area contributed by atoms with Crippen LogP contribution in [0.3, 0.4) is 0 Å². The van der Waals surface area contributed by atoms with E-state index in [0.29, 0.717) is 5.69 Å². The van der Waals surface area contributed by atoms with Gasteiger partial charge in [0.05, 0.1) is 73.5 Å². The molecule has 10 aromatic carbocycles. The number of fused-ring (bicyclic) bond motifs is 12. The Labute approximate surface area is 379 Å². The Bertz CT molecular complexity index is 3890. The summed E-state index contributed by atoms with van der Waals surface area (Å²) in [6, 6.07) is 81.2. The average Bonchev–Trinajstić information content (AvgIpc) is 4.11. The first kappa shape index (κ1) is 36.4. The number of hydrogen-bond donors (Lipinski definition) is 0. The van der Waals surface area contributed by atoms with Crippen molar-refractivity contribution in [1.82, 2.24) is 18.3 Å². The van der Waals surface area contributed by atoms with Gasteiger partial charge in [0.15, 0.2) is 5.69 Å². The van der Waals surface area contributed by atoms with Gasteiger partial charge in [-0.2, -0.15) is 0 Å². The first-order valence-corrected chi connectivity index (χ1v) is 22.4. The van der Waals surface area contributed by atoms with Crippen molar-refractivity contribution >= 4 is 92.9 Å². The van der Waals surface area contributed by atoms with E-state index in [4.69, 9.17) is 6.57 Å². The van der Waals surface area contributed by atoms with Gasteiger partial charge in [0.2, 0.25) is 0 Å². The molecule has 4 aromatic heterocycles. The van der Waals surface area contributed by atoms with Crippen LogP contribution in [0.25, 0.3) is 126 Å². The fourth-order valence-corrected chi connectivity index (χ4v) is 11.1. The molecule has 0 aliphatic heterocycles. The Balaban J connectivity index is 1.33. The molecule has 0 N–H and O–H groups in total. The summed E-state index contributed by atoms with van der Waals surface area (Å²) in [6.45, 7) is 8.07. The molecule has 0 bridgehead atoms. The van der Waals surface area contributed by atoms with Crippen molar-refractivity contribution < 1.29 is 0 Å². The summed E-state index contributed by atoms with van der Waals surface area (Å²) in [6.07, 6.45) is 0. The van der Waals surface area contributed by atoms with Gasteiger partial charge >= 0.3 is 0 Å². The summed E-state index contributed by atoms with van der Waals surface area (Å²) in [5, 5.41) is 9.48. The highest BCUT2D eigenvalue weighted by Gasteiger charge is 2.31. The second-order valence-corrected chi connectivity index (χ2v) is 17.1. The predicted molar refractivity (Wildman–Crippen MR) is 275 cm³/mol. The zero-order valence-corrected chi connectivity index (χ0v) is 35.6. The minimum Gasteiger partial charge on any atom is -0.307 e. The SMILES string of the molecule is [C-]#[N+]c1ccc(-c2c(-n3c4ccccc4c4ccccc43)c(-n3c4ccccc4c4ccccc43)cc(-n3c4ccccc4c4ccccc43)c2-n2c3ccccc3c3ccccc32)cc1. The molecule has 66 heavy (non-hydrogen) atoms. The Hall–Kier alpha value is -9.11. The van der Waals surface area contributed by atoms with Crippen molar-refractivity contribution in [2.45, 2.75) is 0 Å². The second kappa shape index (κ2) is 13.9. The fourth-order valence-electron chi connectivity index (χ4n) is 11.1. The molecule has 0 unspecified atom stereocenters. The van der Waals surface area contributed by atoms with E-state index in [1.807, 2.05) is 12.1 Å². The summed E-state index contributed by atoms with van der Waals surface area (Å²) < 4.78 is 10.0. The number of hydrogen-bond acceptors (Lipinski definition) is 0. The summed E-state index contributed by atoms with van der Waals surface area (Å²) in [5.74, 6) is 0. The highest BCUT2D eigenvalue weighted by atomic mass is 15.1. The third-order valence-electron chi connectivity index (χ3n) is 13.8. The van der Waals surface area contributed by atoms with Gasteiger partial charge in [0, 0.05) is 48.7 Å². The minimum absolute atomic E-state index is 0.594. The van der Waals surface area contributed by atoms with Crippen LogP contribution in [0.15, 0.2) is 224 Å². The lowest BCUT2D eigenvalue weighted by Gasteiger charge is -2.28. The minimum atomic E-state index is 0.594. The van der Waals surface area contributed by atoms with Crippen LogP contribution in [0.1, 0.15) is 0 Å². The Morgan fingerprint density at radius 2 is 0.515 bits per heavy atom. The van der Waals surface area contributed by atoms with Gasteiger partial charge < -0.3 is 18.3 Å². The van der Waals surface area contributed by atoms with Gasteiger partial charge in [-0.25, -0.2) is 4.85 Å². The lowest BCUT2D eigenvalue weighted by molar-refractivity contribution is 1.05. The van der Waals surface area contributed by atoms with Crippen LogP contribution in [-0.4, -0.2) is 18.3 Å². The number of rotatable bonds is 5. The summed E-state index contributed by atoms with van der Waals surface area (Å²) in [4.78, 5) is 3.90. The topological polar surface area (TPSA) is 24.1 Å². The molecule has 14 aromatic rings. The van der Waals surface area contributed by atoms with Crippen LogP contribution >= 0.6 is 0 Å². The van der Waals surface area contributed by atoms with Gasteiger partial charge in [-0.15, -0.1) is 0 Å². The maximum absolute atomic E-state index is 8.07. The van der Waals surface area contributed by atoms with Gasteiger partial charge in [0.25, 0.3) is 0 Å². The van der Waals surface area contributed by atoms with E-state index in [1.54, 1.807) is 0 Å². The third kappa shape index (κ3) is 4.98. The molecular formula is C61H37N5. The molecule has 0 amide bonds. The zero-order valence-electron chi connectivity index (χ0n) is 35.6. The predicted octanol–water partition coefficient (Wildman–Crippen LogP) is 16.3. The summed E-state index contributed by atoms with van der Waals surface area (Å²) in [5.41, 5.74) is 15.7. The first-order chi connectivity index (χ1) is 32.8. The van der Waals surface area contributed by atoms with Gasteiger partial charge in [-0.05, 0) is 60.2 Å². The molecule has 0 aliphatic rings. The summed E-state index contributed by atoms with van der Waals surface area (Å²) >= 11 is 0. The monoisotopic (exact) mass is 839 g/mol. The normalized spacial score (nSPS) is 11.9. The van der Waals surface area contributed by atoms with Crippen molar-refractivity contribution in [3.63, 3.8) is 0 Å². The zero-order chi connectivity index (χ0) is 43.5.